The van der Waals surface area contributed by atoms with Crippen molar-refractivity contribution in [2.45, 2.75) is 25.7 Å². The molecular weight excluding hydrogens is 310 g/mol. The number of carbonyl (C=O) groups is 2. The Hall–Kier alpha value is -1.36. The van der Waals surface area contributed by atoms with Crippen molar-refractivity contribution in [3.8, 4) is 0 Å². The topological polar surface area (TPSA) is 69.2 Å². The van der Waals surface area contributed by atoms with E-state index >= 15 is 0 Å². The Bertz CT molecular complexity index is 472. The number of nitrogens with one attached hydrogen (secondary N) is 1. The second-order valence-corrected chi connectivity index (χ2v) is 5.73. The molecule has 1 aliphatic carbocycles. The molecule has 0 radical (unpaired) electrons. The van der Waals surface area contributed by atoms with Gasteiger partial charge in [-0.25, -0.2) is 0 Å². The van der Waals surface area contributed by atoms with E-state index in [2.05, 4.69) is 21.2 Å². The van der Waals surface area contributed by atoms with Gasteiger partial charge in [-0.05, 0) is 37.1 Å². The van der Waals surface area contributed by atoms with Crippen LogP contribution in [0.3, 0.4) is 0 Å². The predicted octanol–water partition coefficient (Wildman–Crippen LogP) is 1.94. The number of benzene rings is 1. The van der Waals surface area contributed by atoms with Gasteiger partial charge >= 0.3 is 0 Å². The van der Waals surface area contributed by atoms with Crippen LogP contribution in [0.25, 0.3) is 0 Å². The number of hydrogen-bond donors (Lipinski definition) is 1. The van der Waals surface area contributed by atoms with E-state index in [1.807, 2.05) is 12.1 Å². The lowest BCUT2D eigenvalue weighted by atomic mass is 9.78. The van der Waals surface area contributed by atoms with Crippen molar-refractivity contribution in [1.82, 2.24) is 0 Å². The van der Waals surface area contributed by atoms with Gasteiger partial charge in [-0.15, -0.1) is 0 Å². The first kappa shape index (κ1) is 14.1. The minimum atomic E-state index is -1.12. The number of halogens is 1. The van der Waals surface area contributed by atoms with Gasteiger partial charge in [0, 0.05) is 28.0 Å². The first-order valence-corrected chi connectivity index (χ1v) is 7.14. The molecule has 1 aromatic carbocycles. The van der Waals surface area contributed by atoms with Crippen molar-refractivity contribution in [1.29, 1.82) is 0 Å². The van der Waals surface area contributed by atoms with Crippen LogP contribution in [0.15, 0.2) is 28.7 Å². The Morgan fingerprint density at radius 2 is 1.68 bits per heavy atom. The van der Waals surface area contributed by atoms with Crippen molar-refractivity contribution < 1.29 is 14.7 Å². The highest BCUT2D eigenvalue weighted by Gasteiger charge is 2.31. The lowest BCUT2D eigenvalue weighted by Crippen LogP contribution is -2.42. The molecule has 1 N–H and O–H groups in total. The zero-order valence-corrected chi connectivity index (χ0v) is 12.0. The summed E-state index contributed by atoms with van der Waals surface area (Å²) in [7, 11) is 0. The Labute approximate surface area is 120 Å². The lowest BCUT2D eigenvalue weighted by molar-refractivity contribution is -0.313. The van der Waals surface area contributed by atoms with E-state index in [9.17, 15) is 14.7 Å². The molecule has 0 aromatic heterocycles. The van der Waals surface area contributed by atoms with Crippen LogP contribution in [0.4, 0.5) is 5.69 Å². The molecule has 5 heteroatoms. The summed E-state index contributed by atoms with van der Waals surface area (Å²) < 4.78 is 0.927. The molecule has 0 spiro atoms. The number of amides is 1. The monoisotopic (exact) mass is 324 g/mol. The zero-order valence-electron chi connectivity index (χ0n) is 10.4. The second kappa shape index (κ2) is 6.19. The van der Waals surface area contributed by atoms with Crippen molar-refractivity contribution in [3.63, 3.8) is 0 Å². The van der Waals surface area contributed by atoms with Gasteiger partial charge in [-0.3, -0.25) is 4.79 Å². The second-order valence-electron chi connectivity index (χ2n) is 4.81. The molecule has 0 unspecified atom stereocenters. The first-order chi connectivity index (χ1) is 9.08. The van der Waals surface area contributed by atoms with Gasteiger partial charge in [0.1, 0.15) is 0 Å². The van der Waals surface area contributed by atoms with Crippen LogP contribution in [0, 0.1) is 11.8 Å². The quantitative estimate of drug-likeness (QED) is 0.923. The third-order valence-corrected chi connectivity index (χ3v) is 4.05. The maximum absolute atomic E-state index is 12.2. The first-order valence-electron chi connectivity index (χ1n) is 6.35. The lowest BCUT2D eigenvalue weighted by Gasteiger charge is -2.31. The molecule has 1 saturated carbocycles. The summed E-state index contributed by atoms with van der Waals surface area (Å²) in [6.07, 6.45) is 2.88. The van der Waals surface area contributed by atoms with Gasteiger partial charge in [-0.1, -0.05) is 28.8 Å². The van der Waals surface area contributed by atoms with E-state index in [0.29, 0.717) is 18.5 Å². The third kappa shape index (κ3) is 3.56. The van der Waals surface area contributed by atoms with Gasteiger partial charge in [0.25, 0.3) is 0 Å². The van der Waals surface area contributed by atoms with Crippen molar-refractivity contribution in [3.05, 3.63) is 28.7 Å². The Balaban J connectivity index is 2.05. The molecule has 1 amide bonds. The molecule has 102 valence electrons. The maximum Gasteiger partial charge on any atom is 0.228 e. The predicted molar refractivity (Wildman–Crippen MR) is 73.2 cm³/mol. The summed E-state index contributed by atoms with van der Waals surface area (Å²) in [6, 6.07) is 7.21. The Morgan fingerprint density at radius 3 is 2.26 bits per heavy atom. The summed E-state index contributed by atoms with van der Waals surface area (Å²) >= 11 is 3.32. The van der Waals surface area contributed by atoms with E-state index in [1.165, 1.54) is 0 Å². The summed E-state index contributed by atoms with van der Waals surface area (Å²) in [5.41, 5.74) is 0.677. The van der Waals surface area contributed by atoms with Crippen LogP contribution in [0.5, 0.6) is 0 Å². The number of carboxylic acids is 1. The molecule has 2 rings (SSSR count). The minimum absolute atomic E-state index is 0.226. The number of aliphatic carboxylic acids is 1. The number of hydrogen-bond acceptors (Lipinski definition) is 3. The molecule has 0 aliphatic heterocycles. The smallest absolute Gasteiger partial charge is 0.228 e. The summed E-state index contributed by atoms with van der Waals surface area (Å²) in [5.74, 6) is -2.49. The largest absolute Gasteiger partial charge is 0.550 e. The molecule has 1 aliphatic rings. The van der Waals surface area contributed by atoms with Gasteiger partial charge in [-0.2, -0.15) is 0 Å². The van der Waals surface area contributed by atoms with Gasteiger partial charge in [0.05, 0.1) is 0 Å². The highest BCUT2D eigenvalue weighted by Crippen LogP contribution is 2.30. The molecule has 0 saturated heterocycles. The van der Waals surface area contributed by atoms with Crippen molar-refractivity contribution in [2.24, 2.45) is 11.8 Å². The fourth-order valence-corrected chi connectivity index (χ4v) is 2.76. The summed E-state index contributed by atoms with van der Waals surface area (Å²) in [6.45, 7) is 0. The maximum atomic E-state index is 12.2. The van der Waals surface area contributed by atoms with Crippen LogP contribution in [0.1, 0.15) is 25.7 Å². The SMILES string of the molecule is O=C([O-])[C@@H]1CCCC[C@H]1C(=O)Nc1ccc(Br)cc1. The number of carboxylic acid groups (broad SMARTS) is 1. The number of anilines is 1. The molecule has 4 nitrogen and oxygen atoms in total. The van der Waals surface area contributed by atoms with E-state index in [1.54, 1.807) is 12.1 Å². The van der Waals surface area contributed by atoms with Crippen LogP contribution in [-0.4, -0.2) is 11.9 Å². The van der Waals surface area contributed by atoms with E-state index in [4.69, 9.17) is 0 Å². The highest BCUT2D eigenvalue weighted by atomic mass is 79.9. The fourth-order valence-electron chi connectivity index (χ4n) is 2.49. The van der Waals surface area contributed by atoms with E-state index in [0.717, 1.165) is 17.3 Å². The van der Waals surface area contributed by atoms with Gasteiger partial charge < -0.3 is 15.2 Å². The van der Waals surface area contributed by atoms with E-state index in [-0.39, 0.29) is 5.91 Å². The summed E-state index contributed by atoms with van der Waals surface area (Å²) in [5, 5.41) is 13.8. The van der Waals surface area contributed by atoms with Gasteiger partial charge in [0.2, 0.25) is 5.91 Å². The van der Waals surface area contributed by atoms with Crippen molar-refractivity contribution >= 4 is 33.5 Å². The van der Waals surface area contributed by atoms with Crippen LogP contribution >= 0.6 is 15.9 Å². The standard InChI is InChI=1S/C14H16BrNO3/c15-9-5-7-10(8-6-9)16-13(17)11-3-1-2-4-12(11)14(18)19/h5-8,11-12H,1-4H2,(H,16,17)(H,18,19)/p-1/t11-,12-/m1/s1. The third-order valence-electron chi connectivity index (χ3n) is 3.52. The Kier molecular flexibility index (Phi) is 4.58. The zero-order chi connectivity index (χ0) is 13.8. The normalized spacial score (nSPS) is 22.8. The molecule has 19 heavy (non-hydrogen) atoms. The average Bonchev–Trinajstić information content (AvgIpc) is 2.41. The molecule has 0 bridgehead atoms. The van der Waals surface area contributed by atoms with Crippen LogP contribution in [-0.2, 0) is 9.59 Å². The number of carbonyl (C=O) groups excluding carboxylic acids is 2. The molecule has 0 heterocycles. The highest BCUT2D eigenvalue weighted by molar-refractivity contribution is 9.10. The molecule has 1 fully saturated rings. The summed E-state index contributed by atoms with van der Waals surface area (Å²) in [4.78, 5) is 23.2. The molecule has 1 aromatic rings. The van der Waals surface area contributed by atoms with E-state index < -0.39 is 17.8 Å². The van der Waals surface area contributed by atoms with Crippen LogP contribution in [0.2, 0.25) is 0 Å². The molecular formula is C14H15BrNO3-. The van der Waals surface area contributed by atoms with Gasteiger partial charge in [0.15, 0.2) is 0 Å². The van der Waals surface area contributed by atoms with Crippen molar-refractivity contribution in [2.75, 3.05) is 5.32 Å². The Morgan fingerprint density at radius 1 is 1.11 bits per heavy atom. The van der Waals surface area contributed by atoms with Crippen LogP contribution < -0.4 is 10.4 Å². The number of rotatable bonds is 3. The molecule has 2 atom stereocenters. The average molecular weight is 325 g/mol. The minimum Gasteiger partial charge on any atom is -0.550 e. The fraction of sp³-hybridized carbons (Fsp3) is 0.429.